The number of amides is 1. The van der Waals surface area contributed by atoms with Gasteiger partial charge in [0.05, 0.1) is 23.9 Å². The van der Waals surface area contributed by atoms with Gasteiger partial charge in [-0.25, -0.2) is 4.98 Å². The van der Waals surface area contributed by atoms with Crippen LogP contribution in [0.25, 0.3) is 11.3 Å². The molecule has 0 fully saturated rings. The molecular weight excluding hydrogens is 336 g/mol. The molecule has 0 saturated carbocycles. The summed E-state index contributed by atoms with van der Waals surface area (Å²) in [6.45, 7) is 0. The number of anilines is 1. The van der Waals surface area contributed by atoms with E-state index in [0.29, 0.717) is 11.7 Å². The standard InChI is InChI=1S/C18H16N4O4/c1-21-16(12-5-4-8-15(10-12)26-2)11-19-18(21)20-17(23)13-6-3-7-14(9-13)22(24)25/h3-11H,1-2H3,(H,19,20,23). The summed E-state index contributed by atoms with van der Waals surface area (Å²) in [6.07, 6.45) is 1.64. The van der Waals surface area contributed by atoms with Crippen molar-refractivity contribution in [1.29, 1.82) is 0 Å². The van der Waals surface area contributed by atoms with Gasteiger partial charge in [-0.15, -0.1) is 0 Å². The van der Waals surface area contributed by atoms with Gasteiger partial charge < -0.3 is 9.30 Å². The summed E-state index contributed by atoms with van der Waals surface area (Å²) in [5.74, 6) is 0.574. The predicted molar refractivity (Wildman–Crippen MR) is 96.2 cm³/mol. The zero-order valence-corrected chi connectivity index (χ0v) is 14.2. The van der Waals surface area contributed by atoms with Crippen molar-refractivity contribution < 1.29 is 14.5 Å². The number of carbonyl (C=O) groups excluding carboxylic acids is 1. The number of nitro groups is 1. The Morgan fingerprint density at radius 3 is 2.73 bits per heavy atom. The molecule has 3 aromatic rings. The van der Waals surface area contributed by atoms with E-state index in [1.807, 2.05) is 24.3 Å². The lowest BCUT2D eigenvalue weighted by atomic mass is 10.1. The fraction of sp³-hybridized carbons (Fsp3) is 0.111. The van der Waals surface area contributed by atoms with E-state index in [4.69, 9.17) is 4.74 Å². The van der Waals surface area contributed by atoms with Crippen LogP contribution in [0.4, 0.5) is 11.6 Å². The fourth-order valence-electron chi connectivity index (χ4n) is 2.51. The Morgan fingerprint density at radius 2 is 2.00 bits per heavy atom. The molecule has 0 saturated heterocycles. The molecule has 1 heterocycles. The average molecular weight is 352 g/mol. The number of nitro benzene ring substituents is 1. The summed E-state index contributed by atoms with van der Waals surface area (Å²) in [6, 6.07) is 13.0. The van der Waals surface area contributed by atoms with E-state index in [0.717, 1.165) is 11.3 Å². The van der Waals surface area contributed by atoms with Crippen molar-refractivity contribution in [2.24, 2.45) is 7.05 Å². The van der Waals surface area contributed by atoms with Crippen molar-refractivity contribution in [3.63, 3.8) is 0 Å². The van der Waals surface area contributed by atoms with Crippen molar-refractivity contribution in [3.8, 4) is 17.0 Å². The lowest BCUT2D eigenvalue weighted by Gasteiger charge is -2.08. The van der Waals surface area contributed by atoms with Crippen LogP contribution in [0.3, 0.4) is 0 Å². The van der Waals surface area contributed by atoms with E-state index in [2.05, 4.69) is 10.3 Å². The summed E-state index contributed by atoms with van der Waals surface area (Å²) in [7, 11) is 3.36. The van der Waals surface area contributed by atoms with Gasteiger partial charge in [0.1, 0.15) is 5.75 Å². The molecule has 2 aromatic carbocycles. The molecule has 3 rings (SSSR count). The third-order valence-corrected chi connectivity index (χ3v) is 3.90. The third kappa shape index (κ3) is 3.39. The number of benzene rings is 2. The van der Waals surface area contributed by atoms with Crippen LogP contribution in [0.1, 0.15) is 10.4 Å². The number of nitrogens with zero attached hydrogens (tertiary/aromatic N) is 3. The van der Waals surface area contributed by atoms with Crippen LogP contribution in [0.2, 0.25) is 0 Å². The highest BCUT2D eigenvalue weighted by atomic mass is 16.6. The fourth-order valence-corrected chi connectivity index (χ4v) is 2.51. The zero-order chi connectivity index (χ0) is 18.7. The molecule has 1 amide bonds. The van der Waals surface area contributed by atoms with Gasteiger partial charge in [0, 0.05) is 30.3 Å². The number of non-ortho nitro benzene ring substituents is 1. The van der Waals surface area contributed by atoms with Gasteiger partial charge in [-0.3, -0.25) is 20.2 Å². The number of rotatable bonds is 5. The Labute approximate surface area is 149 Å². The molecule has 8 nitrogen and oxygen atoms in total. The number of ether oxygens (including phenoxy) is 1. The first-order chi connectivity index (χ1) is 12.5. The maximum absolute atomic E-state index is 12.4. The number of hydrogen-bond acceptors (Lipinski definition) is 5. The molecule has 0 radical (unpaired) electrons. The van der Waals surface area contributed by atoms with Crippen LogP contribution in [-0.2, 0) is 7.05 Å². The molecule has 0 aliphatic carbocycles. The molecule has 1 aromatic heterocycles. The molecule has 0 bridgehead atoms. The predicted octanol–water partition coefficient (Wildman–Crippen LogP) is 3.26. The average Bonchev–Trinajstić information content (AvgIpc) is 3.02. The summed E-state index contributed by atoms with van der Waals surface area (Å²) < 4.78 is 6.95. The van der Waals surface area contributed by atoms with Gasteiger partial charge >= 0.3 is 0 Å². The van der Waals surface area contributed by atoms with E-state index in [1.54, 1.807) is 24.9 Å². The highest BCUT2D eigenvalue weighted by Crippen LogP contribution is 2.25. The van der Waals surface area contributed by atoms with E-state index in [9.17, 15) is 14.9 Å². The zero-order valence-electron chi connectivity index (χ0n) is 14.2. The molecule has 132 valence electrons. The Kier molecular flexibility index (Phi) is 4.66. The van der Waals surface area contributed by atoms with Crippen LogP contribution in [0.15, 0.2) is 54.7 Å². The van der Waals surface area contributed by atoms with E-state index in [-0.39, 0.29) is 11.3 Å². The Morgan fingerprint density at radius 1 is 1.23 bits per heavy atom. The highest BCUT2D eigenvalue weighted by molar-refractivity contribution is 6.03. The van der Waals surface area contributed by atoms with Crippen LogP contribution in [0.5, 0.6) is 5.75 Å². The topological polar surface area (TPSA) is 99.3 Å². The first kappa shape index (κ1) is 17.2. The molecule has 0 aliphatic heterocycles. The summed E-state index contributed by atoms with van der Waals surface area (Å²) >= 11 is 0. The second kappa shape index (κ2) is 7.06. The third-order valence-electron chi connectivity index (χ3n) is 3.90. The first-order valence-corrected chi connectivity index (χ1v) is 7.71. The second-order valence-corrected chi connectivity index (χ2v) is 5.52. The van der Waals surface area contributed by atoms with Gasteiger partial charge in [-0.2, -0.15) is 0 Å². The SMILES string of the molecule is COc1cccc(-c2cnc(NC(=O)c3cccc([N+](=O)[O-])c3)n2C)c1. The monoisotopic (exact) mass is 352 g/mol. The summed E-state index contributed by atoms with van der Waals surface area (Å²) in [5.41, 5.74) is 1.72. The van der Waals surface area contributed by atoms with Crippen molar-refractivity contribution in [3.05, 3.63) is 70.4 Å². The molecule has 0 spiro atoms. The smallest absolute Gasteiger partial charge is 0.270 e. The Hall–Kier alpha value is -3.68. The number of hydrogen-bond donors (Lipinski definition) is 1. The molecule has 1 N–H and O–H groups in total. The lowest BCUT2D eigenvalue weighted by molar-refractivity contribution is -0.384. The Balaban J connectivity index is 1.85. The molecular formula is C18H16N4O4. The van der Waals surface area contributed by atoms with Crippen molar-refractivity contribution in [2.45, 2.75) is 0 Å². The number of nitrogens with one attached hydrogen (secondary N) is 1. The number of methoxy groups -OCH3 is 1. The highest BCUT2D eigenvalue weighted by Gasteiger charge is 2.15. The number of aromatic nitrogens is 2. The van der Waals surface area contributed by atoms with Crippen molar-refractivity contribution >= 4 is 17.5 Å². The number of carbonyl (C=O) groups is 1. The minimum Gasteiger partial charge on any atom is -0.497 e. The maximum atomic E-state index is 12.4. The van der Waals surface area contributed by atoms with Crippen molar-refractivity contribution in [1.82, 2.24) is 9.55 Å². The molecule has 8 heteroatoms. The van der Waals surface area contributed by atoms with Crippen LogP contribution >= 0.6 is 0 Å². The normalized spacial score (nSPS) is 10.4. The summed E-state index contributed by atoms with van der Waals surface area (Å²) in [5, 5.41) is 13.5. The van der Waals surface area contributed by atoms with Gasteiger partial charge in [0.25, 0.3) is 11.6 Å². The van der Waals surface area contributed by atoms with Crippen LogP contribution < -0.4 is 10.1 Å². The largest absolute Gasteiger partial charge is 0.497 e. The van der Waals surface area contributed by atoms with Gasteiger partial charge in [0.15, 0.2) is 0 Å². The molecule has 0 atom stereocenters. The van der Waals surface area contributed by atoms with Gasteiger partial charge in [-0.1, -0.05) is 18.2 Å². The second-order valence-electron chi connectivity index (χ2n) is 5.52. The molecule has 0 unspecified atom stereocenters. The van der Waals surface area contributed by atoms with Crippen LogP contribution in [0, 0.1) is 10.1 Å². The number of imidazole rings is 1. The van der Waals surface area contributed by atoms with Gasteiger partial charge in [-0.05, 0) is 18.2 Å². The summed E-state index contributed by atoms with van der Waals surface area (Å²) in [4.78, 5) is 26.9. The van der Waals surface area contributed by atoms with Crippen molar-refractivity contribution in [2.75, 3.05) is 12.4 Å². The van der Waals surface area contributed by atoms with Crippen LogP contribution in [-0.4, -0.2) is 27.5 Å². The Bertz CT molecular complexity index is 981. The van der Waals surface area contributed by atoms with Gasteiger partial charge in [0.2, 0.25) is 5.95 Å². The van der Waals surface area contributed by atoms with E-state index < -0.39 is 10.8 Å². The molecule has 0 aliphatic rings. The minimum atomic E-state index is -0.543. The molecule has 26 heavy (non-hydrogen) atoms. The van der Waals surface area contributed by atoms with E-state index in [1.165, 1.54) is 24.3 Å². The maximum Gasteiger partial charge on any atom is 0.270 e. The lowest BCUT2D eigenvalue weighted by Crippen LogP contribution is -2.15. The minimum absolute atomic E-state index is 0.144. The first-order valence-electron chi connectivity index (χ1n) is 7.71. The quantitative estimate of drug-likeness (QED) is 0.561. The van der Waals surface area contributed by atoms with E-state index >= 15 is 0 Å².